The molecule has 160 valence electrons. The van der Waals surface area contributed by atoms with Crippen LogP contribution in [0.2, 0.25) is 20.1 Å². The molecule has 0 aliphatic rings. The first-order valence-corrected chi connectivity index (χ1v) is 10.7. The number of ether oxygens (including phenoxy) is 1. The van der Waals surface area contributed by atoms with Gasteiger partial charge in [0.05, 0.1) is 5.02 Å². The van der Waals surface area contributed by atoms with Crippen molar-refractivity contribution in [2.24, 2.45) is 0 Å². The third-order valence-electron chi connectivity index (χ3n) is 4.49. The molecule has 0 saturated carbocycles. The Kier molecular flexibility index (Phi) is 10.1. The molecule has 0 unspecified atom stereocenters. The van der Waals surface area contributed by atoms with Gasteiger partial charge in [0.1, 0.15) is 12.4 Å². The summed E-state index contributed by atoms with van der Waals surface area (Å²) >= 11 is 24.8. The van der Waals surface area contributed by atoms with E-state index < -0.39 is 0 Å². The van der Waals surface area contributed by atoms with E-state index in [0.717, 1.165) is 29.7 Å². The Morgan fingerprint density at radius 3 is 2.20 bits per heavy atom. The summed E-state index contributed by atoms with van der Waals surface area (Å²) in [7, 11) is 0. The first-order valence-electron chi connectivity index (χ1n) is 9.23. The topological polar surface area (TPSA) is 21.3 Å². The molecule has 0 spiro atoms. The van der Waals surface area contributed by atoms with Crippen molar-refractivity contribution in [1.29, 1.82) is 0 Å². The zero-order chi connectivity index (χ0) is 20.8. The van der Waals surface area contributed by atoms with Crippen molar-refractivity contribution in [2.45, 2.75) is 26.5 Å². The lowest BCUT2D eigenvalue weighted by molar-refractivity contribution is 0.302. The lowest BCUT2D eigenvalue weighted by Gasteiger charge is -2.15. The van der Waals surface area contributed by atoms with Gasteiger partial charge in [-0.05, 0) is 55.3 Å². The second-order valence-corrected chi connectivity index (χ2v) is 8.50. The minimum atomic E-state index is 0. The summed E-state index contributed by atoms with van der Waals surface area (Å²) in [6, 6.07) is 17.3. The predicted octanol–water partition coefficient (Wildman–Crippen LogP) is 7.94. The van der Waals surface area contributed by atoms with E-state index in [4.69, 9.17) is 51.1 Å². The molecule has 30 heavy (non-hydrogen) atoms. The van der Waals surface area contributed by atoms with E-state index in [0.29, 0.717) is 39.0 Å². The van der Waals surface area contributed by atoms with Crippen molar-refractivity contribution in [3.8, 4) is 5.75 Å². The minimum Gasteiger partial charge on any atom is -0.487 e. The van der Waals surface area contributed by atoms with Crippen LogP contribution in [0.3, 0.4) is 0 Å². The Hall–Kier alpha value is -1.13. The lowest BCUT2D eigenvalue weighted by Crippen LogP contribution is -2.17. The summed E-state index contributed by atoms with van der Waals surface area (Å²) in [5.74, 6) is 0.647. The summed E-state index contributed by atoms with van der Waals surface area (Å²) in [4.78, 5) is 0. The summed E-state index contributed by atoms with van der Waals surface area (Å²) in [6.07, 6.45) is 0.782. The Bertz CT molecular complexity index is 976. The van der Waals surface area contributed by atoms with Gasteiger partial charge in [0, 0.05) is 27.2 Å². The Morgan fingerprint density at radius 1 is 0.800 bits per heavy atom. The Balaban J connectivity index is 0.00000320. The smallest absolute Gasteiger partial charge is 0.142 e. The molecule has 0 heterocycles. The number of hydrogen-bond acceptors (Lipinski definition) is 2. The summed E-state index contributed by atoms with van der Waals surface area (Å²) in [5, 5.41) is 5.79. The molecule has 0 bridgehead atoms. The van der Waals surface area contributed by atoms with Crippen molar-refractivity contribution in [1.82, 2.24) is 5.32 Å². The van der Waals surface area contributed by atoms with E-state index in [1.165, 1.54) is 5.56 Å². The van der Waals surface area contributed by atoms with Crippen LogP contribution < -0.4 is 10.1 Å². The lowest BCUT2D eigenvalue weighted by atomic mass is 10.1. The molecule has 0 radical (unpaired) electrons. The third kappa shape index (κ3) is 7.23. The highest BCUT2D eigenvalue weighted by Crippen LogP contribution is 2.33. The maximum atomic E-state index is 6.40. The van der Waals surface area contributed by atoms with Gasteiger partial charge in [-0.25, -0.2) is 0 Å². The molecular formula is C23H22Cl5NO. The van der Waals surface area contributed by atoms with E-state index in [-0.39, 0.29) is 12.4 Å². The minimum absolute atomic E-state index is 0. The van der Waals surface area contributed by atoms with Crippen LogP contribution in [0.25, 0.3) is 0 Å². The average molecular weight is 506 g/mol. The van der Waals surface area contributed by atoms with Crippen molar-refractivity contribution < 1.29 is 4.74 Å². The van der Waals surface area contributed by atoms with Crippen LogP contribution in [0.4, 0.5) is 0 Å². The first-order chi connectivity index (χ1) is 13.9. The highest BCUT2D eigenvalue weighted by molar-refractivity contribution is 6.36. The van der Waals surface area contributed by atoms with Gasteiger partial charge in [-0.1, -0.05) is 82.3 Å². The normalized spacial score (nSPS) is 10.6. The molecule has 3 rings (SSSR count). The molecule has 3 aromatic carbocycles. The third-order valence-corrected chi connectivity index (χ3v) is 5.58. The number of hydrogen-bond donors (Lipinski definition) is 1. The molecule has 0 aliphatic carbocycles. The van der Waals surface area contributed by atoms with Crippen LogP contribution in [0, 0.1) is 6.92 Å². The average Bonchev–Trinajstić information content (AvgIpc) is 2.67. The fraction of sp³-hybridized carbons (Fsp3) is 0.217. The quantitative estimate of drug-likeness (QED) is 0.314. The SMILES string of the molecule is Cc1ccc(COc2c(Cl)cc(Cl)cc2CNCCc2ccc(Cl)cc2Cl)cc1.Cl. The van der Waals surface area contributed by atoms with Crippen LogP contribution in [0.15, 0.2) is 54.6 Å². The van der Waals surface area contributed by atoms with E-state index in [1.54, 1.807) is 12.1 Å². The standard InChI is InChI=1S/C23H21Cl4NO.ClH/c1-15-2-4-16(5-3-15)14-29-23-18(10-20(25)12-22(23)27)13-28-9-8-17-6-7-19(24)11-21(17)26;/h2-7,10-12,28H,8-9,13-14H2,1H3;1H. The number of halogens is 5. The number of nitrogens with one attached hydrogen (secondary N) is 1. The van der Waals surface area contributed by atoms with E-state index in [1.807, 2.05) is 30.3 Å². The first kappa shape index (κ1) is 25.1. The van der Waals surface area contributed by atoms with E-state index >= 15 is 0 Å². The van der Waals surface area contributed by atoms with Crippen molar-refractivity contribution in [2.75, 3.05) is 6.54 Å². The van der Waals surface area contributed by atoms with Crippen molar-refractivity contribution >= 4 is 58.8 Å². The molecule has 0 atom stereocenters. The number of benzene rings is 3. The fourth-order valence-corrected chi connectivity index (χ4v) is 4.01. The highest BCUT2D eigenvalue weighted by Gasteiger charge is 2.11. The molecule has 7 heteroatoms. The number of rotatable bonds is 8. The molecule has 0 aliphatic heterocycles. The monoisotopic (exact) mass is 503 g/mol. The zero-order valence-electron chi connectivity index (χ0n) is 16.4. The van der Waals surface area contributed by atoms with Gasteiger partial charge in [0.25, 0.3) is 0 Å². The number of aryl methyl sites for hydroxylation is 1. The summed E-state index contributed by atoms with van der Waals surface area (Å²) in [6.45, 7) is 3.81. The van der Waals surface area contributed by atoms with Crippen LogP contribution in [-0.4, -0.2) is 6.54 Å². The van der Waals surface area contributed by atoms with Gasteiger partial charge in [0.2, 0.25) is 0 Å². The molecule has 0 amide bonds. The summed E-state index contributed by atoms with van der Waals surface area (Å²) in [5.41, 5.74) is 4.25. The fourth-order valence-electron chi connectivity index (χ4n) is 2.92. The second-order valence-electron chi connectivity index (χ2n) is 6.81. The van der Waals surface area contributed by atoms with Gasteiger partial charge in [-0.3, -0.25) is 0 Å². The van der Waals surface area contributed by atoms with Crippen LogP contribution in [0.1, 0.15) is 22.3 Å². The second kappa shape index (κ2) is 12.0. The summed E-state index contributed by atoms with van der Waals surface area (Å²) < 4.78 is 6.03. The van der Waals surface area contributed by atoms with Gasteiger partial charge < -0.3 is 10.1 Å². The predicted molar refractivity (Wildman–Crippen MR) is 131 cm³/mol. The van der Waals surface area contributed by atoms with Crippen LogP contribution in [-0.2, 0) is 19.6 Å². The maximum absolute atomic E-state index is 6.40. The van der Waals surface area contributed by atoms with Crippen molar-refractivity contribution in [3.63, 3.8) is 0 Å². The molecule has 3 aromatic rings. The van der Waals surface area contributed by atoms with Crippen LogP contribution in [0.5, 0.6) is 5.75 Å². The molecule has 2 nitrogen and oxygen atoms in total. The molecule has 0 saturated heterocycles. The van der Waals surface area contributed by atoms with Gasteiger partial charge >= 0.3 is 0 Å². The molecule has 0 aromatic heterocycles. The van der Waals surface area contributed by atoms with Crippen LogP contribution >= 0.6 is 58.8 Å². The van der Waals surface area contributed by atoms with E-state index in [9.17, 15) is 0 Å². The molecule has 0 fully saturated rings. The van der Waals surface area contributed by atoms with Gasteiger partial charge in [-0.15, -0.1) is 12.4 Å². The van der Waals surface area contributed by atoms with Gasteiger partial charge in [-0.2, -0.15) is 0 Å². The van der Waals surface area contributed by atoms with Gasteiger partial charge in [0.15, 0.2) is 0 Å². The molecular weight excluding hydrogens is 484 g/mol. The zero-order valence-corrected chi connectivity index (χ0v) is 20.2. The Morgan fingerprint density at radius 2 is 1.50 bits per heavy atom. The maximum Gasteiger partial charge on any atom is 0.142 e. The largest absolute Gasteiger partial charge is 0.487 e. The highest BCUT2D eigenvalue weighted by atomic mass is 35.5. The Labute approximate surface area is 203 Å². The van der Waals surface area contributed by atoms with E-state index in [2.05, 4.69) is 24.4 Å². The van der Waals surface area contributed by atoms with Crippen molar-refractivity contribution in [3.05, 3.63) is 96.9 Å². The molecule has 1 N–H and O–H groups in total.